The predicted octanol–water partition coefficient (Wildman–Crippen LogP) is 3.36. The third kappa shape index (κ3) is 2.16. The molecule has 76 valence electrons. The molecule has 0 amide bonds. The fourth-order valence-electron chi connectivity index (χ4n) is 2.13. The molecule has 1 aliphatic rings. The van der Waals surface area contributed by atoms with E-state index in [4.69, 9.17) is 4.74 Å². The van der Waals surface area contributed by atoms with Gasteiger partial charge in [-0.2, -0.15) is 0 Å². The maximum absolute atomic E-state index is 5.79. The van der Waals surface area contributed by atoms with Crippen molar-refractivity contribution in [2.24, 2.45) is 0 Å². The van der Waals surface area contributed by atoms with Crippen molar-refractivity contribution in [1.29, 1.82) is 0 Å². The molecule has 0 spiro atoms. The molecule has 0 radical (unpaired) electrons. The lowest BCUT2D eigenvalue weighted by Gasteiger charge is -2.28. The average Bonchev–Trinajstić information content (AvgIpc) is 2.30. The van der Waals surface area contributed by atoms with Gasteiger partial charge in [0.1, 0.15) is 0 Å². The second-order valence-electron chi connectivity index (χ2n) is 4.10. The zero-order chi connectivity index (χ0) is 9.80. The molecule has 0 saturated carbocycles. The van der Waals surface area contributed by atoms with Gasteiger partial charge in [-0.15, -0.1) is 0 Å². The Bertz CT molecular complexity index is 262. The summed E-state index contributed by atoms with van der Waals surface area (Å²) in [7, 11) is 0. The van der Waals surface area contributed by atoms with Gasteiger partial charge in [-0.1, -0.05) is 37.3 Å². The lowest BCUT2D eigenvalue weighted by atomic mass is 9.91. The summed E-state index contributed by atoms with van der Waals surface area (Å²) in [6.07, 6.45) is 4.21. The first kappa shape index (κ1) is 9.72. The standard InChI is InChI=1S/C13H18O/c1-11(12-7-3-2-4-8-12)13-9-5-6-10-14-13/h2-4,7-8,11,13H,5-6,9-10H2,1H3/t11-,13-/m0/s1. The molecule has 1 saturated heterocycles. The van der Waals surface area contributed by atoms with Gasteiger partial charge in [0.05, 0.1) is 6.10 Å². The lowest BCUT2D eigenvalue weighted by Crippen LogP contribution is -2.24. The van der Waals surface area contributed by atoms with Crippen molar-refractivity contribution in [1.82, 2.24) is 0 Å². The molecule has 0 aliphatic carbocycles. The van der Waals surface area contributed by atoms with E-state index in [-0.39, 0.29) is 0 Å². The Balaban J connectivity index is 2.03. The van der Waals surface area contributed by atoms with E-state index in [1.165, 1.54) is 24.8 Å². The zero-order valence-electron chi connectivity index (χ0n) is 8.78. The Labute approximate surface area is 86.1 Å². The Hall–Kier alpha value is -0.820. The van der Waals surface area contributed by atoms with Gasteiger partial charge in [-0.3, -0.25) is 0 Å². The minimum atomic E-state index is 0.436. The summed E-state index contributed by atoms with van der Waals surface area (Å²) < 4.78 is 5.79. The number of ether oxygens (including phenoxy) is 1. The van der Waals surface area contributed by atoms with Crippen LogP contribution in [0.5, 0.6) is 0 Å². The van der Waals surface area contributed by atoms with Crippen LogP contribution in [0.25, 0.3) is 0 Å². The molecular weight excluding hydrogens is 172 g/mol. The average molecular weight is 190 g/mol. The van der Waals surface area contributed by atoms with E-state index in [1.54, 1.807) is 0 Å². The Morgan fingerprint density at radius 2 is 2.00 bits per heavy atom. The van der Waals surface area contributed by atoms with Gasteiger partial charge in [0, 0.05) is 12.5 Å². The molecular formula is C13H18O. The van der Waals surface area contributed by atoms with E-state index >= 15 is 0 Å². The predicted molar refractivity (Wildman–Crippen MR) is 58.4 cm³/mol. The second kappa shape index (κ2) is 4.61. The quantitative estimate of drug-likeness (QED) is 0.695. The molecule has 1 aromatic rings. The summed E-state index contributed by atoms with van der Waals surface area (Å²) in [6, 6.07) is 10.7. The van der Waals surface area contributed by atoms with E-state index in [2.05, 4.69) is 37.3 Å². The molecule has 0 aromatic heterocycles. The highest BCUT2D eigenvalue weighted by Crippen LogP contribution is 2.27. The van der Waals surface area contributed by atoms with Crippen LogP contribution in [0.2, 0.25) is 0 Å². The highest BCUT2D eigenvalue weighted by Gasteiger charge is 2.21. The van der Waals surface area contributed by atoms with Crippen LogP contribution in [-0.2, 0) is 4.74 Å². The van der Waals surface area contributed by atoms with Crippen molar-refractivity contribution in [2.45, 2.75) is 38.2 Å². The van der Waals surface area contributed by atoms with Crippen LogP contribution in [0, 0.1) is 0 Å². The summed E-state index contributed by atoms with van der Waals surface area (Å²) >= 11 is 0. The molecule has 1 heteroatoms. The van der Waals surface area contributed by atoms with E-state index in [1.807, 2.05) is 0 Å². The topological polar surface area (TPSA) is 9.23 Å². The van der Waals surface area contributed by atoms with Crippen molar-refractivity contribution >= 4 is 0 Å². The van der Waals surface area contributed by atoms with Gasteiger partial charge in [0.2, 0.25) is 0 Å². The van der Waals surface area contributed by atoms with Crippen molar-refractivity contribution in [3.63, 3.8) is 0 Å². The molecule has 1 fully saturated rings. The van der Waals surface area contributed by atoms with E-state index in [0.717, 1.165) is 6.61 Å². The number of rotatable bonds is 2. The number of hydrogen-bond acceptors (Lipinski definition) is 1. The fraction of sp³-hybridized carbons (Fsp3) is 0.538. The van der Waals surface area contributed by atoms with Gasteiger partial charge >= 0.3 is 0 Å². The highest BCUT2D eigenvalue weighted by atomic mass is 16.5. The third-order valence-corrected chi connectivity index (χ3v) is 3.10. The van der Waals surface area contributed by atoms with Crippen LogP contribution in [0.4, 0.5) is 0 Å². The summed E-state index contributed by atoms with van der Waals surface area (Å²) in [5.74, 6) is 0.538. The summed E-state index contributed by atoms with van der Waals surface area (Å²) in [5.41, 5.74) is 1.40. The molecule has 1 nitrogen and oxygen atoms in total. The Morgan fingerprint density at radius 3 is 2.64 bits per heavy atom. The Kier molecular flexibility index (Phi) is 3.20. The Morgan fingerprint density at radius 1 is 1.21 bits per heavy atom. The van der Waals surface area contributed by atoms with Crippen LogP contribution in [0.1, 0.15) is 37.7 Å². The monoisotopic (exact) mass is 190 g/mol. The summed E-state index contributed by atoms with van der Waals surface area (Å²) in [4.78, 5) is 0. The van der Waals surface area contributed by atoms with Gasteiger partial charge < -0.3 is 4.74 Å². The summed E-state index contributed by atoms with van der Waals surface area (Å²) in [6.45, 7) is 3.22. The molecule has 0 bridgehead atoms. The minimum Gasteiger partial charge on any atom is -0.378 e. The first-order valence-electron chi connectivity index (χ1n) is 5.54. The molecule has 1 aromatic carbocycles. The first-order valence-corrected chi connectivity index (χ1v) is 5.54. The number of benzene rings is 1. The fourth-order valence-corrected chi connectivity index (χ4v) is 2.13. The highest BCUT2D eigenvalue weighted by molar-refractivity contribution is 5.20. The second-order valence-corrected chi connectivity index (χ2v) is 4.10. The number of hydrogen-bond donors (Lipinski definition) is 0. The van der Waals surface area contributed by atoms with Gasteiger partial charge in [0.15, 0.2) is 0 Å². The van der Waals surface area contributed by atoms with Crippen LogP contribution in [-0.4, -0.2) is 12.7 Å². The molecule has 2 atom stereocenters. The van der Waals surface area contributed by atoms with Crippen molar-refractivity contribution in [2.75, 3.05) is 6.61 Å². The molecule has 0 N–H and O–H groups in total. The molecule has 0 unspecified atom stereocenters. The zero-order valence-corrected chi connectivity index (χ0v) is 8.78. The van der Waals surface area contributed by atoms with Crippen molar-refractivity contribution in [3.8, 4) is 0 Å². The largest absolute Gasteiger partial charge is 0.378 e. The van der Waals surface area contributed by atoms with E-state index in [9.17, 15) is 0 Å². The summed E-state index contributed by atoms with van der Waals surface area (Å²) in [5, 5.41) is 0. The molecule has 14 heavy (non-hydrogen) atoms. The van der Waals surface area contributed by atoms with E-state index in [0.29, 0.717) is 12.0 Å². The van der Waals surface area contributed by atoms with Crippen molar-refractivity contribution < 1.29 is 4.74 Å². The van der Waals surface area contributed by atoms with Gasteiger partial charge in [-0.05, 0) is 24.8 Å². The first-order chi connectivity index (χ1) is 6.88. The van der Waals surface area contributed by atoms with Gasteiger partial charge in [0.25, 0.3) is 0 Å². The molecule has 1 heterocycles. The smallest absolute Gasteiger partial charge is 0.0640 e. The normalized spacial score (nSPS) is 24.5. The van der Waals surface area contributed by atoms with Crippen LogP contribution in [0.3, 0.4) is 0 Å². The van der Waals surface area contributed by atoms with Crippen LogP contribution >= 0.6 is 0 Å². The lowest BCUT2D eigenvalue weighted by molar-refractivity contribution is 0.00240. The SMILES string of the molecule is C[C@@H](c1ccccc1)[C@@H]1CCCCO1. The van der Waals surface area contributed by atoms with Gasteiger partial charge in [-0.25, -0.2) is 0 Å². The molecule has 1 aliphatic heterocycles. The molecule has 2 rings (SSSR count). The van der Waals surface area contributed by atoms with Crippen molar-refractivity contribution in [3.05, 3.63) is 35.9 Å². The van der Waals surface area contributed by atoms with E-state index < -0.39 is 0 Å². The van der Waals surface area contributed by atoms with Crippen LogP contribution < -0.4 is 0 Å². The minimum absolute atomic E-state index is 0.436. The third-order valence-electron chi connectivity index (χ3n) is 3.10. The maximum atomic E-state index is 5.79. The maximum Gasteiger partial charge on any atom is 0.0640 e. The van der Waals surface area contributed by atoms with Crippen LogP contribution in [0.15, 0.2) is 30.3 Å².